The van der Waals surface area contributed by atoms with E-state index in [0.717, 1.165) is 6.54 Å². The lowest BCUT2D eigenvalue weighted by molar-refractivity contribution is -0.384. The SMILES string of the molecule is CC(Cn1ccnc1)Nc1nc2ccc([N+](=O)[O-])cc2[nH]1. The van der Waals surface area contributed by atoms with E-state index in [-0.39, 0.29) is 11.7 Å². The first-order valence-corrected chi connectivity index (χ1v) is 6.48. The molecule has 1 atom stereocenters. The Morgan fingerprint density at radius 1 is 1.52 bits per heavy atom. The molecule has 0 radical (unpaired) electrons. The number of aromatic nitrogens is 4. The van der Waals surface area contributed by atoms with Crippen LogP contribution in [0.1, 0.15) is 6.92 Å². The van der Waals surface area contributed by atoms with Crippen molar-refractivity contribution in [2.45, 2.75) is 19.5 Å². The topological polar surface area (TPSA) is 102 Å². The first-order chi connectivity index (χ1) is 10.1. The Hall–Kier alpha value is -2.90. The van der Waals surface area contributed by atoms with Gasteiger partial charge in [0.05, 0.1) is 22.3 Å². The third kappa shape index (κ3) is 2.83. The zero-order chi connectivity index (χ0) is 14.8. The van der Waals surface area contributed by atoms with Crippen LogP contribution in [0.4, 0.5) is 11.6 Å². The number of imidazole rings is 2. The molecule has 1 unspecified atom stereocenters. The molecule has 8 heteroatoms. The minimum absolute atomic E-state index is 0.0455. The number of nitrogens with zero attached hydrogens (tertiary/aromatic N) is 4. The van der Waals surface area contributed by atoms with Crippen molar-refractivity contribution in [1.29, 1.82) is 0 Å². The van der Waals surface area contributed by atoms with Crippen LogP contribution in [-0.2, 0) is 6.54 Å². The van der Waals surface area contributed by atoms with Crippen LogP contribution in [0.3, 0.4) is 0 Å². The van der Waals surface area contributed by atoms with Crippen LogP contribution in [0.15, 0.2) is 36.9 Å². The van der Waals surface area contributed by atoms with Crippen molar-refractivity contribution in [3.63, 3.8) is 0 Å². The van der Waals surface area contributed by atoms with E-state index < -0.39 is 4.92 Å². The number of rotatable bonds is 5. The van der Waals surface area contributed by atoms with Crippen molar-refractivity contribution in [2.75, 3.05) is 5.32 Å². The van der Waals surface area contributed by atoms with Crippen LogP contribution in [-0.4, -0.2) is 30.5 Å². The predicted molar refractivity (Wildman–Crippen MR) is 78.1 cm³/mol. The van der Waals surface area contributed by atoms with Gasteiger partial charge in [-0.05, 0) is 13.0 Å². The molecule has 0 aliphatic rings. The molecule has 3 rings (SSSR count). The molecular formula is C13H14N6O2. The van der Waals surface area contributed by atoms with Crippen LogP contribution in [0.5, 0.6) is 0 Å². The van der Waals surface area contributed by atoms with Gasteiger partial charge in [-0.15, -0.1) is 0 Å². The lowest BCUT2D eigenvalue weighted by Gasteiger charge is -2.13. The molecule has 0 saturated carbocycles. The van der Waals surface area contributed by atoms with Gasteiger partial charge < -0.3 is 14.9 Å². The average Bonchev–Trinajstić information content (AvgIpc) is 3.05. The van der Waals surface area contributed by atoms with E-state index in [0.29, 0.717) is 17.0 Å². The monoisotopic (exact) mass is 286 g/mol. The maximum Gasteiger partial charge on any atom is 0.271 e. The number of anilines is 1. The minimum Gasteiger partial charge on any atom is -0.352 e. The van der Waals surface area contributed by atoms with Gasteiger partial charge in [0.1, 0.15) is 0 Å². The molecule has 2 aromatic heterocycles. The molecule has 3 aromatic rings. The van der Waals surface area contributed by atoms with Crippen molar-refractivity contribution >= 4 is 22.7 Å². The van der Waals surface area contributed by atoms with E-state index in [9.17, 15) is 10.1 Å². The summed E-state index contributed by atoms with van der Waals surface area (Å²) in [4.78, 5) is 21.7. The summed E-state index contributed by atoms with van der Waals surface area (Å²) in [6.07, 6.45) is 5.37. The number of nitrogens with one attached hydrogen (secondary N) is 2. The van der Waals surface area contributed by atoms with Gasteiger partial charge in [-0.25, -0.2) is 9.97 Å². The Labute approximate surface area is 120 Å². The van der Waals surface area contributed by atoms with Crippen molar-refractivity contribution in [3.8, 4) is 0 Å². The summed E-state index contributed by atoms with van der Waals surface area (Å²) in [6, 6.07) is 4.70. The van der Waals surface area contributed by atoms with Gasteiger partial charge in [0.15, 0.2) is 0 Å². The molecule has 1 aromatic carbocycles. The number of fused-ring (bicyclic) bond motifs is 1. The Kier molecular flexibility index (Phi) is 3.27. The Balaban J connectivity index is 1.76. The average molecular weight is 286 g/mol. The van der Waals surface area contributed by atoms with Gasteiger partial charge in [0, 0.05) is 37.1 Å². The van der Waals surface area contributed by atoms with E-state index in [1.54, 1.807) is 18.6 Å². The number of H-pyrrole nitrogens is 1. The summed E-state index contributed by atoms with van der Waals surface area (Å²) < 4.78 is 1.96. The fraction of sp³-hybridized carbons (Fsp3) is 0.231. The van der Waals surface area contributed by atoms with Crippen LogP contribution in [0.25, 0.3) is 11.0 Å². The van der Waals surface area contributed by atoms with E-state index in [2.05, 4.69) is 20.3 Å². The molecule has 108 valence electrons. The Morgan fingerprint density at radius 2 is 2.38 bits per heavy atom. The maximum absolute atomic E-state index is 10.8. The van der Waals surface area contributed by atoms with Gasteiger partial charge in [0.2, 0.25) is 5.95 Å². The summed E-state index contributed by atoms with van der Waals surface area (Å²) >= 11 is 0. The highest BCUT2D eigenvalue weighted by Crippen LogP contribution is 2.20. The van der Waals surface area contributed by atoms with Crippen molar-refractivity contribution in [3.05, 3.63) is 47.0 Å². The Morgan fingerprint density at radius 3 is 3.10 bits per heavy atom. The van der Waals surface area contributed by atoms with Gasteiger partial charge in [0.25, 0.3) is 5.69 Å². The van der Waals surface area contributed by atoms with Gasteiger partial charge in [-0.1, -0.05) is 0 Å². The van der Waals surface area contributed by atoms with Crippen LogP contribution < -0.4 is 5.32 Å². The lowest BCUT2D eigenvalue weighted by Crippen LogP contribution is -2.21. The van der Waals surface area contributed by atoms with E-state index in [4.69, 9.17) is 0 Å². The molecule has 0 spiro atoms. The summed E-state index contributed by atoms with van der Waals surface area (Å²) in [6.45, 7) is 2.77. The van der Waals surface area contributed by atoms with Crippen molar-refractivity contribution in [1.82, 2.24) is 19.5 Å². The predicted octanol–water partition coefficient (Wildman–Crippen LogP) is 2.17. The Bertz CT molecular complexity index is 764. The number of hydrogen-bond acceptors (Lipinski definition) is 5. The second kappa shape index (κ2) is 5.23. The molecule has 0 amide bonds. The number of benzene rings is 1. The smallest absolute Gasteiger partial charge is 0.271 e. The maximum atomic E-state index is 10.8. The van der Waals surface area contributed by atoms with Gasteiger partial charge in [-0.3, -0.25) is 10.1 Å². The van der Waals surface area contributed by atoms with E-state index in [1.165, 1.54) is 12.1 Å². The molecule has 2 heterocycles. The fourth-order valence-corrected chi connectivity index (χ4v) is 2.17. The molecule has 21 heavy (non-hydrogen) atoms. The molecule has 0 saturated heterocycles. The molecule has 2 N–H and O–H groups in total. The second-order valence-corrected chi connectivity index (χ2v) is 4.85. The largest absolute Gasteiger partial charge is 0.352 e. The van der Waals surface area contributed by atoms with Crippen LogP contribution in [0.2, 0.25) is 0 Å². The van der Waals surface area contributed by atoms with Crippen molar-refractivity contribution in [2.24, 2.45) is 0 Å². The zero-order valence-electron chi connectivity index (χ0n) is 11.4. The number of nitro groups is 1. The summed E-state index contributed by atoms with van der Waals surface area (Å²) in [7, 11) is 0. The third-order valence-corrected chi connectivity index (χ3v) is 3.10. The standard InChI is InChI=1S/C13H14N6O2/c1-9(7-18-5-4-14-8-18)15-13-16-11-3-2-10(19(20)21)6-12(11)17-13/h2-6,8-9H,7H2,1H3,(H2,15,16,17). The van der Waals surface area contributed by atoms with Crippen molar-refractivity contribution < 1.29 is 4.92 Å². The molecule has 0 aliphatic carbocycles. The van der Waals surface area contributed by atoms with E-state index >= 15 is 0 Å². The highest BCUT2D eigenvalue weighted by Gasteiger charge is 2.11. The lowest BCUT2D eigenvalue weighted by atomic mass is 10.3. The van der Waals surface area contributed by atoms with Gasteiger partial charge >= 0.3 is 0 Å². The first-order valence-electron chi connectivity index (χ1n) is 6.48. The number of hydrogen-bond donors (Lipinski definition) is 2. The molecule has 0 aliphatic heterocycles. The normalized spacial score (nSPS) is 12.4. The number of nitro benzene ring substituents is 1. The fourth-order valence-electron chi connectivity index (χ4n) is 2.17. The van der Waals surface area contributed by atoms with Crippen LogP contribution >= 0.6 is 0 Å². The van der Waals surface area contributed by atoms with Gasteiger partial charge in [-0.2, -0.15) is 0 Å². The minimum atomic E-state index is -0.422. The molecule has 8 nitrogen and oxygen atoms in total. The summed E-state index contributed by atoms with van der Waals surface area (Å²) in [5.41, 5.74) is 1.38. The van der Waals surface area contributed by atoms with E-state index in [1.807, 2.05) is 17.7 Å². The zero-order valence-corrected chi connectivity index (χ0v) is 11.4. The summed E-state index contributed by atoms with van der Waals surface area (Å²) in [5.74, 6) is 0.595. The highest BCUT2D eigenvalue weighted by molar-refractivity contribution is 5.79. The highest BCUT2D eigenvalue weighted by atomic mass is 16.6. The first kappa shape index (κ1) is 13.1. The molecular weight excluding hydrogens is 272 g/mol. The number of non-ortho nitro benzene ring substituents is 1. The molecule has 0 bridgehead atoms. The number of aromatic amines is 1. The molecule has 0 fully saturated rings. The quantitative estimate of drug-likeness (QED) is 0.553. The second-order valence-electron chi connectivity index (χ2n) is 4.85. The van der Waals surface area contributed by atoms with Crippen LogP contribution in [0, 0.1) is 10.1 Å². The third-order valence-electron chi connectivity index (χ3n) is 3.10. The summed E-state index contributed by atoms with van der Waals surface area (Å²) in [5, 5.41) is 14.0.